The molecule has 2 unspecified atom stereocenters. The van der Waals surface area contributed by atoms with Gasteiger partial charge in [0, 0.05) is 5.02 Å². The molecule has 6 heteroatoms. The van der Waals surface area contributed by atoms with Crippen LogP contribution in [0.2, 0.25) is 10.0 Å². The van der Waals surface area contributed by atoms with Crippen LogP contribution in [-0.4, -0.2) is 10.9 Å². The number of thiazole rings is 1. The average molecular weight is 409 g/mol. The number of carbonyl (C=O) groups is 1. The minimum Gasteiger partial charge on any atom is -0.301 e. The third-order valence-electron chi connectivity index (χ3n) is 6.74. The fraction of sp³-hybridized carbons (Fsp3) is 0.600. The molecule has 1 aromatic heterocycles. The van der Waals surface area contributed by atoms with Crippen LogP contribution in [0.15, 0.2) is 12.1 Å². The van der Waals surface area contributed by atoms with Gasteiger partial charge in [-0.05, 0) is 67.4 Å². The number of aromatic nitrogens is 1. The highest BCUT2D eigenvalue weighted by atomic mass is 35.5. The molecule has 4 bridgehead atoms. The van der Waals surface area contributed by atoms with Crippen molar-refractivity contribution in [1.29, 1.82) is 0 Å². The van der Waals surface area contributed by atoms with E-state index in [0.717, 1.165) is 29.5 Å². The Morgan fingerprint density at radius 2 is 1.85 bits per heavy atom. The van der Waals surface area contributed by atoms with Crippen molar-refractivity contribution in [2.75, 3.05) is 5.32 Å². The molecule has 138 valence electrons. The molecule has 1 N–H and O–H groups in total. The second-order valence-corrected chi connectivity index (χ2v) is 11.5. The van der Waals surface area contributed by atoms with Crippen LogP contribution in [0.4, 0.5) is 5.13 Å². The molecule has 2 aromatic rings. The molecule has 26 heavy (non-hydrogen) atoms. The Labute approximate surface area is 167 Å². The van der Waals surface area contributed by atoms with Crippen molar-refractivity contribution in [3.63, 3.8) is 0 Å². The van der Waals surface area contributed by atoms with E-state index >= 15 is 0 Å². The lowest BCUT2D eigenvalue weighted by molar-refractivity contribution is -0.165. The van der Waals surface area contributed by atoms with Crippen molar-refractivity contribution >= 4 is 55.8 Å². The van der Waals surface area contributed by atoms with Gasteiger partial charge in [-0.3, -0.25) is 4.79 Å². The number of carbonyl (C=O) groups excluding carboxylic acids is 1. The van der Waals surface area contributed by atoms with E-state index in [4.69, 9.17) is 23.2 Å². The maximum atomic E-state index is 13.4. The monoisotopic (exact) mass is 408 g/mol. The van der Waals surface area contributed by atoms with Crippen LogP contribution >= 0.6 is 34.5 Å². The Hall–Kier alpha value is -0.840. The lowest BCUT2D eigenvalue weighted by Crippen LogP contribution is -2.58. The number of nitrogens with one attached hydrogen (secondary N) is 1. The molecule has 1 heterocycles. The number of rotatable bonds is 2. The third kappa shape index (κ3) is 2.60. The number of halogens is 2. The van der Waals surface area contributed by atoms with Gasteiger partial charge in [0.05, 0.1) is 20.7 Å². The average Bonchev–Trinajstić information content (AvgIpc) is 2.86. The van der Waals surface area contributed by atoms with Crippen LogP contribution in [0.25, 0.3) is 10.2 Å². The zero-order chi connectivity index (χ0) is 18.3. The molecule has 0 spiro atoms. The van der Waals surface area contributed by atoms with E-state index in [0.29, 0.717) is 31.9 Å². The minimum atomic E-state index is -0.234. The molecule has 1 amide bonds. The summed E-state index contributed by atoms with van der Waals surface area (Å²) in [5.41, 5.74) is 1.14. The summed E-state index contributed by atoms with van der Waals surface area (Å²) in [5, 5.41) is 4.91. The number of anilines is 1. The van der Waals surface area contributed by atoms with Crippen LogP contribution in [0.3, 0.4) is 0 Å². The summed E-state index contributed by atoms with van der Waals surface area (Å²) in [4.78, 5) is 17.9. The van der Waals surface area contributed by atoms with Crippen molar-refractivity contribution in [2.45, 2.75) is 52.4 Å². The Bertz CT molecular complexity index is 921. The fourth-order valence-electron chi connectivity index (χ4n) is 6.94. The minimum absolute atomic E-state index is 0.153. The Morgan fingerprint density at radius 1 is 1.15 bits per heavy atom. The van der Waals surface area contributed by atoms with E-state index in [1.54, 1.807) is 12.1 Å². The van der Waals surface area contributed by atoms with E-state index in [9.17, 15) is 4.79 Å². The van der Waals surface area contributed by atoms with Crippen molar-refractivity contribution < 1.29 is 4.79 Å². The maximum Gasteiger partial charge on any atom is 0.232 e. The quantitative estimate of drug-likeness (QED) is 0.612. The third-order valence-corrected chi connectivity index (χ3v) is 8.39. The molecule has 1 aromatic carbocycles. The van der Waals surface area contributed by atoms with Crippen molar-refractivity contribution in [1.82, 2.24) is 4.98 Å². The molecule has 0 radical (unpaired) electrons. The lowest BCUT2D eigenvalue weighted by atomic mass is 9.40. The molecular formula is C20H22Cl2N2OS. The topological polar surface area (TPSA) is 42.0 Å². The van der Waals surface area contributed by atoms with E-state index in [1.165, 1.54) is 30.6 Å². The van der Waals surface area contributed by atoms with Gasteiger partial charge in [0.1, 0.15) is 0 Å². The molecule has 4 fully saturated rings. The molecule has 0 aliphatic heterocycles. The summed E-state index contributed by atoms with van der Waals surface area (Å²) in [6, 6.07) is 3.51. The number of fused-ring (bicyclic) bond motifs is 1. The molecule has 6 rings (SSSR count). The lowest BCUT2D eigenvalue weighted by Gasteiger charge is -2.64. The zero-order valence-corrected chi connectivity index (χ0v) is 17.3. The van der Waals surface area contributed by atoms with Gasteiger partial charge in [0.2, 0.25) is 5.91 Å². The van der Waals surface area contributed by atoms with E-state index in [2.05, 4.69) is 24.1 Å². The Kier molecular flexibility index (Phi) is 3.56. The summed E-state index contributed by atoms with van der Waals surface area (Å²) in [6.07, 6.45) is 6.88. The normalized spacial score (nSPS) is 38.1. The molecule has 0 saturated heterocycles. The van der Waals surface area contributed by atoms with Crippen LogP contribution in [0.5, 0.6) is 0 Å². The highest BCUT2D eigenvalue weighted by Crippen LogP contribution is 2.69. The highest BCUT2D eigenvalue weighted by molar-refractivity contribution is 7.23. The fourth-order valence-corrected chi connectivity index (χ4v) is 8.39. The highest BCUT2D eigenvalue weighted by Gasteiger charge is 2.62. The Balaban J connectivity index is 1.46. The number of nitrogens with zero attached hydrogens (tertiary/aromatic N) is 1. The van der Waals surface area contributed by atoms with Crippen molar-refractivity contribution in [3.8, 4) is 0 Å². The van der Waals surface area contributed by atoms with Gasteiger partial charge in [0.25, 0.3) is 0 Å². The zero-order valence-electron chi connectivity index (χ0n) is 15.0. The van der Waals surface area contributed by atoms with E-state index in [-0.39, 0.29) is 11.3 Å². The standard InChI is InChI=1S/C20H22Cl2N2OS/c1-18-5-11-6-19(2,8-18)10-20(7-11,9-18)16(25)24-17-23-14-4-12(21)3-13(22)15(14)26-17/h3-4,11H,5-10H2,1-2H3,(H,23,24,25). The Morgan fingerprint density at radius 3 is 2.50 bits per heavy atom. The summed E-state index contributed by atoms with van der Waals surface area (Å²) in [7, 11) is 0. The predicted molar refractivity (Wildman–Crippen MR) is 108 cm³/mol. The van der Waals surface area contributed by atoms with E-state index < -0.39 is 0 Å². The summed E-state index contributed by atoms with van der Waals surface area (Å²) in [6.45, 7) is 4.77. The van der Waals surface area contributed by atoms with Crippen LogP contribution in [0.1, 0.15) is 52.4 Å². The summed E-state index contributed by atoms with van der Waals surface area (Å²) < 4.78 is 0.871. The second-order valence-electron chi connectivity index (χ2n) is 9.62. The van der Waals surface area contributed by atoms with Gasteiger partial charge in [-0.15, -0.1) is 0 Å². The smallest absolute Gasteiger partial charge is 0.232 e. The summed E-state index contributed by atoms with van der Waals surface area (Å²) in [5.74, 6) is 0.843. The molecule has 3 nitrogen and oxygen atoms in total. The van der Waals surface area contributed by atoms with Crippen LogP contribution in [0, 0.1) is 22.2 Å². The van der Waals surface area contributed by atoms with E-state index in [1.807, 2.05) is 0 Å². The maximum absolute atomic E-state index is 13.4. The summed E-state index contributed by atoms with van der Waals surface area (Å²) >= 11 is 13.8. The number of hydrogen-bond donors (Lipinski definition) is 1. The number of benzene rings is 1. The van der Waals surface area contributed by atoms with Gasteiger partial charge >= 0.3 is 0 Å². The van der Waals surface area contributed by atoms with Gasteiger partial charge in [-0.2, -0.15) is 0 Å². The molecule has 2 atom stereocenters. The van der Waals surface area contributed by atoms with Gasteiger partial charge < -0.3 is 5.32 Å². The van der Waals surface area contributed by atoms with Crippen LogP contribution in [-0.2, 0) is 4.79 Å². The van der Waals surface area contributed by atoms with Gasteiger partial charge in [-0.25, -0.2) is 4.98 Å². The first-order valence-corrected chi connectivity index (χ1v) is 10.8. The molecular weight excluding hydrogens is 387 g/mol. The van der Waals surface area contributed by atoms with Gasteiger partial charge in [-0.1, -0.05) is 48.4 Å². The van der Waals surface area contributed by atoms with Crippen molar-refractivity contribution in [2.24, 2.45) is 22.2 Å². The molecule has 4 aliphatic rings. The van der Waals surface area contributed by atoms with Crippen molar-refractivity contribution in [3.05, 3.63) is 22.2 Å². The molecule has 4 saturated carbocycles. The first-order chi connectivity index (χ1) is 12.2. The first kappa shape index (κ1) is 17.3. The number of hydrogen-bond acceptors (Lipinski definition) is 3. The van der Waals surface area contributed by atoms with Crippen LogP contribution < -0.4 is 5.32 Å². The van der Waals surface area contributed by atoms with Gasteiger partial charge in [0.15, 0.2) is 5.13 Å². The predicted octanol–water partition coefficient (Wildman–Crippen LogP) is 6.54. The number of amides is 1. The second kappa shape index (κ2) is 5.36. The largest absolute Gasteiger partial charge is 0.301 e. The first-order valence-electron chi connectivity index (χ1n) is 9.25. The molecule has 4 aliphatic carbocycles. The SMILES string of the molecule is CC12CC3CC(C)(C1)CC(C(=O)Nc1nc4cc(Cl)cc(Cl)c4s1)(C3)C2.